The molecule has 0 spiro atoms. The molecule has 5 heteroatoms. The monoisotopic (exact) mass is 274 g/mol. The van der Waals surface area contributed by atoms with Crippen molar-refractivity contribution in [3.63, 3.8) is 0 Å². The Morgan fingerprint density at radius 3 is 2.74 bits per heavy atom. The maximum absolute atomic E-state index is 12.4. The van der Waals surface area contributed by atoms with E-state index in [4.69, 9.17) is 12.2 Å². The van der Waals surface area contributed by atoms with E-state index in [9.17, 15) is 9.59 Å². The zero-order chi connectivity index (χ0) is 13.4. The summed E-state index contributed by atoms with van der Waals surface area (Å²) in [4.78, 5) is 26.5. The number of nitrogens with one attached hydrogen (secondary N) is 1. The normalized spacial score (nSPS) is 26.3. The summed E-state index contributed by atoms with van der Waals surface area (Å²) in [7, 11) is 0. The van der Waals surface area contributed by atoms with E-state index < -0.39 is 6.04 Å². The minimum atomic E-state index is -0.498. The predicted octanol–water partition coefficient (Wildman–Crippen LogP) is 1.05. The Hall–Kier alpha value is -1.75. The van der Waals surface area contributed by atoms with Crippen molar-refractivity contribution in [1.29, 1.82) is 0 Å². The van der Waals surface area contributed by atoms with Crippen LogP contribution in [0.25, 0.3) is 0 Å². The number of carbonyl (C=O) groups is 2. The quantitative estimate of drug-likeness (QED) is 0.820. The Kier molecular flexibility index (Phi) is 3.06. The van der Waals surface area contributed by atoms with Crippen molar-refractivity contribution in [2.24, 2.45) is 0 Å². The molecule has 2 fully saturated rings. The van der Waals surface area contributed by atoms with Crippen LogP contribution < -0.4 is 5.32 Å². The standard InChI is InChI=1S/C14H14N2O2S/c17-13-11-6-7-12(19)16(11)14(18)10(15-13)8-9-4-2-1-3-5-9/h1-5,10-11H,6-8H2,(H,15,17)/t10-,11+/m1/s1. The lowest BCUT2D eigenvalue weighted by molar-refractivity contribution is -0.143. The third kappa shape index (κ3) is 2.14. The first kappa shape index (κ1) is 12.3. The number of carbonyl (C=O) groups excluding carboxylic acids is 2. The SMILES string of the molecule is O=C1N[C@H](Cc2ccccc2)C(=O)N2C(=S)CC[C@@H]12. The number of nitrogens with zero attached hydrogens (tertiary/aromatic N) is 1. The second-order valence-corrected chi connectivity index (χ2v) is 5.38. The number of hydrogen-bond acceptors (Lipinski definition) is 3. The van der Waals surface area contributed by atoms with Crippen LogP contribution in [-0.4, -0.2) is 33.8 Å². The van der Waals surface area contributed by atoms with E-state index in [2.05, 4.69) is 5.32 Å². The topological polar surface area (TPSA) is 49.4 Å². The Bertz CT molecular complexity index is 544. The molecule has 2 atom stereocenters. The predicted molar refractivity (Wildman–Crippen MR) is 74.5 cm³/mol. The fourth-order valence-electron chi connectivity index (χ4n) is 2.69. The molecule has 19 heavy (non-hydrogen) atoms. The highest BCUT2D eigenvalue weighted by Gasteiger charge is 2.45. The third-order valence-corrected chi connectivity index (χ3v) is 4.05. The average Bonchev–Trinajstić information content (AvgIpc) is 2.80. The van der Waals surface area contributed by atoms with Gasteiger partial charge >= 0.3 is 0 Å². The molecule has 0 bridgehead atoms. The molecule has 3 rings (SSSR count). The number of hydrogen-bond donors (Lipinski definition) is 1. The number of fused-ring (bicyclic) bond motifs is 1. The van der Waals surface area contributed by atoms with Crippen LogP contribution in [0.15, 0.2) is 30.3 Å². The lowest BCUT2D eigenvalue weighted by atomic mass is 10.0. The van der Waals surface area contributed by atoms with Crippen molar-refractivity contribution in [2.45, 2.75) is 31.3 Å². The number of piperazine rings is 1. The minimum Gasteiger partial charge on any atom is -0.342 e. The van der Waals surface area contributed by atoms with Crippen molar-refractivity contribution >= 4 is 29.0 Å². The molecular weight excluding hydrogens is 260 g/mol. The van der Waals surface area contributed by atoms with E-state index in [0.29, 0.717) is 24.3 Å². The molecule has 2 saturated heterocycles. The van der Waals surface area contributed by atoms with Crippen LogP contribution in [0.2, 0.25) is 0 Å². The number of benzene rings is 1. The fourth-order valence-corrected chi connectivity index (χ4v) is 3.03. The molecule has 1 aromatic rings. The smallest absolute Gasteiger partial charge is 0.251 e. The average molecular weight is 274 g/mol. The second kappa shape index (κ2) is 4.74. The second-order valence-electron chi connectivity index (χ2n) is 4.91. The first-order valence-corrected chi connectivity index (χ1v) is 6.78. The highest BCUT2D eigenvalue weighted by Crippen LogP contribution is 2.25. The molecule has 4 nitrogen and oxygen atoms in total. The maximum atomic E-state index is 12.4. The molecule has 98 valence electrons. The van der Waals surface area contributed by atoms with Gasteiger partial charge in [0.15, 0.2) is 0 Å². The summed E-state index contributed by atoms with van der Waals surface area (Å²) in [6.45, 7) is 0. The molecule has 2 amide bonds. The molecule has 0 aromatic heterocycles. The lowest BCUT2D eigenvalue weighted by Crippen LogP contribution is -2.62. The molecule has 0 unspecified atom stereocenters. The van der Waals surface area contributed by atoms with Gasteiger partial charge < -0.3 is 5.32 Å². The van der Waals surface area contributed by atoms with Gasteiger partial charge in [-0.25, -0.2) is 0 Å². The molecule has 0 radical (unpaired) electrons. The van der Waals surface area contributed by atoms with Gasteiger partial charge in [0, 0.05) is 12.8 Å². The molecule has 1 N–H and O–H groups in total. The van der Waals surface area contributed by atoms with Crippen molar-refractivity contribution in [2.75, 3.05) is 0 Å². The summed E-state index contributed by atoms with van der Waals surface area (Å²) in [6.07, 6.45) is 1.81. The van der Waals surface area contributed by atoms with Gasteiger partial charge in [-0.05, 0) is 12.0 Å². The van der Waals surface area contributed by atoms with E-state index in [1.165, 1.54) is 4.90 Å². The van der Waals surface area contributed by atoms with E-state index in [0.717, 1.165) is 5.56 Å². The van der Waals surface area contributed by atoms with Crippen LogP contribution in [0.1, 0.15) is 18.4 Å². The Morgan fingerprint density at radius 2 is 2.00 bits per heavy atom. The molecule has 2 aliphatic rings. The van der Waals surface area contributed by atoms with E-state index in [-0.39, 0.29) is 17.9 Å². The molecule has 2 aliphatic heterocycles. The largest absolute Gasteiger partial charge is 0.342 e. The van der Waals surface area contributed by atoms with E-state index >= 15 is 0 Å². The summed E-state index contributed by atoms with van der Waals surface area (Å²) >= 11 is 5.19. The van der Waals surface area contributed by atoms with Gasteiger partial charge in [0.1, 0.15) is 12.1 Å². The molecule has 0 saturated carbocycles. The van der Waals surface area contributed by atoms with Crippen LogP contribution in [-0.2, 0) is 16.0 Å². The van der Waals surface area contributed by atoms with E-state index in [1.807, 2.05) is 30.3 Å². The highest BCUT2D eigenvalue weighted by atomic mass is 32.1. The first-order valence-electron chi connectivity index (χ1n) is 6.37. The minimum absolute atomic E-state index is 0.0732. The van der Waals surface area contributed by atoms with Crippen molar-refractivity contribution < 1.29 is 9.59 Å². The lowest BCUT2D eigenvalue weighted by Gasteiger charge is -2.34. The van der Waals surface area contributed by atoms with Gasteiger partial charge in [0.25, 0.3) is 5.91 Å². The van der Waals surface area contributed by atoms with E-state index in [1.54, 1.807) is 0 Å². The molecular formula is C14H14N2O2S. The summed E-state index contributed by atoms with van der Waals surface area (Å²) in [5.74, 6) is -0.156. The number of amides is 2. The van der Waals surface area contributed by atoms with Gasteiger partial charge in [-0.15, -0.1) is 0 Å². The van der Waals surface area contributed by atoms with Gasteiger partial charge in [0.05, 0.1) is 4.99 Å². The Morgan fingerprint density at radius 1 is 1.26 bits per heavy atom. The molecule has 2 heterocycles. The molecule has 1 aromatic carbocycles. The van der Waals surface area contributed by atoms with Gasteiger partial charge in [-0.2, -0.15) is 0 Å². The van der Waals surface area contributed by atoms with Gasteiger partial charge in [0.2, 0.25) is 5.91 Å². The maximum Gasteiger partial charge on any atom is 0.251 e. The fraction of sp³-hybridized carbons (Fsp3) is 0.357. The zero-order valence-electron chi connectivity index (χ0n) is 10.3. The summed E-state index contributed by atoms with van der Waals surface area (Å²) < 4.78 is 0. The summed E-state index contributed by atoms with van der Waals surface area (Å²) in [5, 5.41) is 2.82. The van der Waals surface area contributed by atoms with Crippen LogP contribution >= 0.6 is 12.2 Å². The van der Waals surface area contributed by atoms with Crippen LogP contribution in [0.3, 0.4) is 0 Å². The number of thiocarbonyl (C=S) groups is 1. The Balaban J connectivity index is 1.82. The van der Waals surface area contributed by atoms with Gasteiger partial charge in [-0.3, -0.25) is 14.5 Å². The first-order chi connectivity index (χ1) is 9.16. The van der Waals surface area contributed by atoms with Crippen LogP contribution in [0.4, 0.5) is 0 Å². The summed E-state index contributed by atoms with van der Waals surface area (Å²) in [6, 6.07) is 8.80. The molecule has 0 aliphatic carbocycles. The summed E-state index contributed by atoms with van der Waals surface area (Å²) in [5.41, 5.74) is 1.03. The van der Waals surface area contributed by atoms with Crippen molar-refractivity contribution in [1.82, 2.24) is 10.2 Å². The number of rotatable bonds is 2. The zero-order valence-corrected chi connectivity index (χ0v) is 11.2. The van der Waals surface area contributed by atoms with Crippen LogP contribution in [0.5, 0.6) is 0 Å². The van der Waals surface area contributed by atoms with Crippen LogP contribution in [0, 0.1) is 0 Å². The van der Waals surface area contributed by atoms with Gasteiger partial charge in [-0.1, -0.05) is 42.5 Å². The highest BCUT2D eigenvalue weighted by molar-refractivity contribution is 7.80. The third-order valence-electron chi connectivity index (χ3n) is 3.65. The Labute approximate surface area is 116 Å². The van der Waals surface area contributed by atoms with Crippen molar-refractivity contribution in [3.8, 4) is 0 Å². The van der Waals surface area contributed by atoms with Crippen molar-refractivity contribution in [3.05, 3.63) is 35.9 Å².